The van der Waals surface area contributed by atoms with E-state index in [9.17, 15) is 22.4 Å². The van der Waals surface area contributed by atoms with Crippen molar-refractivity contribution in [1.29, 1.82) is 0 Å². The van der Waals surface area contributed by atoms with Gasteiger partial charge in [-0.05, 0) is 62.6 Å². The molecule has 0 bridgehead atoms. The van der Waals surface area contributed by atoms with E-state index < -0.39 is 40.2 Å². The standard InChI is InChI=1S/C30H35ClFN3O4S/c1-20(2)17-33-30(37)23(5)34(18-24-9-6-7-11-27(24)32)29(36)19-35(28-12-8-10-26(31)22(28)4)40(38,39)25-15-13-21(3)14-16-25/h6-16,20,23H,17-19H2,1-5H3,(H,33,37)/t23-/m0/s1. The molecule has 0 aliphatic rings. The highest BCUT2D eigenvalue weighted by molar-refractivity contribution is 7.92. The van der Waals surface area contributed by atoms with Gasteiger partial charge in [-0.3, -0.25) is 13.9 Å². The number of carbonyl (C=O) groups is 2. The first-order valence-electron chi connectivity index (χ1n) is 13.0. The number of hydrogen-bond donors (Lipinski definition) is 1. The molecule has 0 spiro atoms. The Hall–Kier alpha value is -3.43. The molecular formula is C30H35ClFN3O4S. The first kappa shape index (κ1) is 31.1. The van der Waals surface area contributed by atoms with E-state index in [1.54, 1.807) is 43.3 Å². The van der Waals surface area contributed by atoms with Crippen LogP contribution in [0, 0.1) is 25.6 Å². The van der Waals surface area contributed by atoms with Crippen LogP contribution >= 0.6 is 11.6 Å². The van der Waals surface area contributed by atoms with Crippen LogP contribution in [-0.2, 0) is 26.2 Å². The Kier molecular flexibility index (Phi) is 10.3. The lowest BCUT2D eigenvalue weighted by molar-refractivity contribution is -0.139. The maximum atomic E-state index is 14.6. The van der Waals surface area contributed by atoms with Crippen LogP contribution in [0.25, 0.3) is 0 Å². The topological polar surface area (TPSA) is 86.8 Å². The Bertz CT molecular complexity index is 1460. The highest BCUT2D eigenvalue weighted by Gasteiger charge is 2.33. The van der Waals surface area contributed by atoms with Gasteiger partial charge in [0.15, 0.2) is 0 Å². The van der Waals surface area contributed by atoms with E-state index >= 15 is 0 Å². The van der Waals surface area contributed by atoms with Gasteiger partial charge in [-0.1, -0.05) is 67.4 Å². The van der Waals surface area contributed by atoms with E-state index in [0.717, 1.165) is 9.87 Å². The summed E-state index contributed by atoms with van der Waals surface area (Å²) in [5, 5.41) is 3.14. The molecule has 2 amide bonds. The average molecular weight is 588 g/mol. The third-order valence-electron chi connectivity index (χ3n) is 6.55. The molecule has 40 heavy (non-hydrogen) atoms. The lowest BCUT2D eigenvalue weighted by Crippen LogP contribution is -2.51. The molecule has 0 saturated heterocycles. The summed E-state index contributed by atoms with van der Waals surface area (Å²) in [4.78, 5) is 28.2. The second kappa shape index (κ2) is 13.3. The van der Waals surface area contributed by atoms with Crippen LogP contribution in [0.3, 0.4) is 0 Å². The number of benzene rings is 3. The van der Waals surface area contributed by atoms with Crippen LogP contribution in [-0.4, -0.2) is 44.3 Å². The number of hydrogen-bond acceptors (Lipinski definition) is 4. The quantitative estimate of drug-likeness (QED) is 0.322. The maximum absolute atomic E-state index is 14.6. The summed E-state index contributed by atoms with van der Waals surface area (Å²) in [7, 11) is -4.23. The van der Waals surface area contributed by atoms with Gasteiger partial charge < -0.3 is 10.2 Å². The predicted molar refractivity (Wildman–Crippen MR) is 156 cm³/mol. The molecule has 1 N–H and O–H groups in total. The molecule has 3 rings (SSSR count). The molecule has 0 aliphatic heterocycles. The number of amides is 2. The molecular weight excluding hydrogens is 553 g/mol. The van der Waals surface area contributed by atoms with Crippen molar-refractivity contribution in [2.45, 2.75) is 52.1 Å². The summed E-state index contributed by atoms with van der Waals surface area (Å²) < 4.78 is 43.5. The van der Waals surface area contributed by atoms with Crippen LogP contribution in [0.4, 0.5) is 10.1 Å². The number of aryl methyl sites for hydroxylation is 1. The summed E-state index contributed by atoms with van der Waals surface area (Å²) >= 11 is 6.34. The van der Waals surface area contributed by atoms with Crippen LogP contribution in [0.1, 0.15) is 37.5 Å². The van der Waals surface area contributed by atoms with Crippen LogP contribution < -0.4 is 9.62 Å². The summed E-state index contributed by atoms with van der Waals surface area (Å²) in [6, 6.07) is 16.0. The number of halogens is 2. The number of rotatable bonds is 11. The van der Waals surface area contributed by atoms with Gasteiger partial charge in [0, 0.05) is 23.7 Å². The second-order valence-corrected chi connectivity index (χ2v) is 12.4. The fourth-order valence-electron chi connectivity index (χ4n) is 4.06. The summed E-state index contributed by atoms with van der Waals surface area (Å²) in [6.07, 6.45) is 0. The molecule has 0 radical (unpaired) electrons. The van der Waals surface area contributed by atoms with Gasteiger partial charge in [0.2, 0.25) is 11.8 Å². The lowest BCUT2D eigenvalue weighted by Gasteiger charge is -2.32. The second-order valence-electron chi connectivity index (χ2n) is 10.1. The zero-order chi connectivity index (χ0) is 29.6. The van der Waals surface area contributed by atoms with Gasteiger partial charge in [-0.15, -0.1) is 0 Å². The molecule has 0 unspecified atom stereocenters. The Morgan fingerprint density at radius 3 is 2.23 bits per heavy atom. The molecule has 0 aliphatic carbocycles. The van der Waals surface area contributed by atoms with Crippen molar-refractivity contribution in [2.75, 3.05) is 17.4 Å². The average Bonchev–Trinajstić information content (AvgIpc) is 2.91. The molecule has 10 heteroatoms. The van der Waals surface area contributed by atoms with Crippen molar-refractivity contribution in [3.05, 3.63) is 94.3 Å². The molecule has 3 aromatic carbocycles. The SMILES string of the molecule is Cc1ccc(S(=O)(=O)N(CC(=O)N(Cc2ccccc2F)[C@@H](C)C(=O)NCC(C)C)c2cccc(Cl)c2C)cc1. The van der Waals surface area contributed by atoms with Crippen LogP contribution in [0.2, 0.25) is 5.02 Å². The van der Waals surface area contributed by atoms with Gasteiger partial charge in [0.1, 0.15) is 18.4 Å². The molecule has 3 aromatic rings. The number of carbonyl (C=O) groups excluding carboxylic acids is 2. The minimum Gasteiger partial charge on any atom is -0.354 e. The molecule has 0 saturated carbocycles. The minimum atomic E-state index is -4.23. The zero-order valence-corrected chi connectivity index (χ0v) is 24.9. The van der Waals surface area contributed by atoms with E-state index in [0.29, 0.717) is 17.1 Å². The smallest absolute Gasteiger partial charge is 0.264 e. The fourth-order valence-corrected chi connectivity index (χ4v) is 5.70. The molecule has 1 atom stereocenters. The number of nitrogens with one attached hydrogen (secondary N) is 1. The normalized spacial score (nSPS) is 12.2. The lowest BCUT2D eigenvalue weighted by atomic mass is 10.1. The Morgan fingerprint density at radius 1 is 0.950 bits per heavy atom. The molecule has 0 aromatic heterocycles. The van der Waals surface area contributed by atoms with Gasteiger partial charge in [-0.2, -0.15) is 0 Å². The fraction of sp³-hybridized carbons (Fsp3) is 0.333. The number of anilines is 1. The highest BCUT2D eigenvalue weighted by atomic mass is 35.5. The maximum Gasteiger partial charge on any atom is 0.264 e. The number of nitrogens with zero attached hydrogens (tertiary/aromatic N) is 2. The molecule has 7 nitrogen and oxygen atoms in total. The minimum absolute atomic E-state index is 0.00588. The van der Waals surface area contributed by atoms with Crippen molar-refractivity contribution < 1.29 is 22.4 Å². The van der Waals surface area contributed by atoms with Gasteiger partial charge in [-0.25, -0.2) is 12.8 Å². The third-order valence-corrected chi connectivity index (χ3v) is 8.73. The third kappa shape index (κ3) is 7.40. The van der Waals surface area contributed by atoms with Crippen molar-refractivity contribution >= 4 is 39.1 Å². The molecule has 0 heterocycles. The highest BCUT2D eigenvalue weighted by Crippen LogP contribution is 2.31. The zero-order valence-electron chi connectivity index (χ0n) is 23.3. The van der Waals surface area contributed by atoms with Crippen molar-refractivity contribution in [2.24, 2.45) is 5.92 Å². The largest absolute Gasteiger partial charge is 0.354 e. The Labute approximate surface area is 241 Å². The van der Waals surface area contributed by atoms with Gasteiger partial charge in [0.05, 0.1) is 10.6 Å². The van der Waals surface area contributed by atoms with E-state index in [1.165, 1.54) is 42.2 Å². The summed E-state index contributed by atoms with van der Waals surface area (Å²) in [6.45, 7) is 8.45. The predicted octanol–water partition coefficient (Wildman–Crippen LogP) is 5.48. The van der Waals surface area contributed by atoms with Gasteiger partial charge in [0.25, 0.3) is 10.0 Å². The van der Waals surface area contributed by atoms with Crippen LogP contribution in [0.15, 0.2) is 71.6 Å². The van der Waals surface area contributed by atoms with E-state index in [1.807, 2.05) is 20.8 Å². The van der Waals surface area contributed by atoms with E-state index in [-0.39, 0.29) is 28.6 Å². The van der Waals surface area contributed by atoms with E-state index in [2.05, 4.69) is 5.32 Å². The van der Waals surface area contributed by atoms with Crippen molar-refractivity contribution in [1.82, 2.24) is 10.2 Å². The summed E-state index contributed by atoms with van der Waals surface area (Å²) in [5.74, 6) is -1.46. The van der Waals surface area contributed by atoms with Gasteiger partial charge >= 0.3 is 0 Å². The Morgan fingerprint density at radius 2 is 1.60 bits per heavy atom. The number of sulfonamides is 1. The van der Waals surface area contributed by atoms with Crippen LogP contribution in [0.5, 0.6) is 0 Å². The van der Waals surface area contributed by atoms with E-state index in [4.69, 9.17) is 11.6 Å². The molecule has 214 valence electrons. The first-order chi connectivity index (χ1) is 18.8. The Balaban J connectivity index is 2.07. The van der Waals surface area contributed by atoms with Crippen molar-refractivity contribution in [3.8, 4) is 0 Å². The van der Waals surface area contributed by atoms with Crippen molar-refractivity contribution in [3.63, 3.8) is 0 Å². The monoisotopic (exact) mass is 587 g/mol. The first-order valence-corrected chi connectivity index (χ1v) is 14.8. The molecule has 0 fully saturated rings. The summed E-state index contributed by atoms with van der Waals surface area (Å²) in [5.41, 5.74) is 1.77.